The molecule has 0 saturated heterocycles. The van der Waals surface area contributed by atoms with Crippen molar-refractivity contribution in [3.05, 3.63) is 94.8 Å². The van der Waals surface area contributed by atoms with Crippen LogP contribution in [-0.4, -0.2) is 9.55 Å². The molecule has 0 atom stereocenters. The van der Waals surface area contributed by atoms with Crippen molar-refractivity contribution < 1.29 is 8.81 Å². The minimum Gasteiger partial charge on any atom is -0.455 e. The zero-order chi connectivity index (χ0) is 24.4. The maximum absolute atomic E-state index is 15.2. The lowest BCUT2D eigenvalue weighted by atomic mass is 10.0. The van der Waals surface area contributed by atoms with Gasteiger partial charge in [-0.1, -0.05) is 55.8 Å². The molecule has 4 aromatic carbocycles. The van der Waals surface area contributed by atoms with Gasteiger partial charge in [0.2, 0.25) is 0 Å². The summed E-state index contributed by atoms with van der Waals surface area (Å²) in [6.45, 7) is 10.7. The molecule has 2 heterocycles. The van der Waals surface area contributed by atoms with Gasteiger partial charge in [0.1, 0.15) is 22.8 Å². The summed E-state index contributed by atoms with van der Waals surface area (Å²) in [5, 5.41) is 1.29. The molecule has 0 saturated carbocycles. The summed E-state index contributed by atoms with van der Waals surface area (Å²) < 4.78 is 23.8. The van der Waals surface area contributed by atoms with Crippen molar-refractivity contribution in [1.82, 2.24) is 9.55 Å². The van der Waals surface area contributed by atoms with Gasteiger partial charge < -0.3 is 4.42 Å². The summed E-state index contributed by atoms with van der Waals surface area (Å²) in [5.74, 6) is 0.813. The molecule has 0 aliphatic carbocycles. The van der Waals surface area contributed by atoms with E-state index in [4.69, 9.17) is 9.40 Å². The van der Waals surface area contributed by atoms with Crippen molar-refractivity contribution in [1.29, 1.82) is 0 Å². The number of aromatic nitrogens is 2. The van der Waals surface area contributed by atoms with E-state index in [0.29, 0.717) is 22.5 Å². The average molecular weight is 463 g/mol. The number of fused-ring (bicyclic) bond motifs is 4. The van der Waals surface area contributed by atoms with Gasteiger partial charge in [0.25, 0.3) is 0 Å². The minimum atomic E-state index is -0.287. The summed E-state index contributed by atoms with van der Waals surface area (Å²) in [5.41, 5.74) is 9.70. The van der Waals surface area contributed by atoms with Gasteiger partial charge in [0.05, 0.1) is 27.7 Å². The molecular formula is C31H27FN2O. The third kappa shape index (κ3) is 3.28. The molecule has 2 aromatic heterocycles. The van der Waals surface area contributed by atoms with Crippen LogP contribution in [0.15, 0.2) is 71.1 Å². The van der Waals surface area contributed by atoms with Crippen molar-refractivity contribution in [3.8, 4) is 17.1 Å². The van der Waals surface area contributed by atoms with Gasteiger partial charge in [-0.2, -0.15) is 0 Å². The highest BCUT2D eigenvalue weighted by atomic mass is 19.1. The largest absolute Gasteiger partial charge is 0.455 e. The number of hydrogen-bond donors (Lipinski definition) is 0. The fourth-order valence-corrected chi connectivity index (χ4v) is 5.35. The van der Waals surface area contributed by atoms with Gasteiger partial charge in [-0.05, 0) is 73.7 Å². The Hall–Kier alpha value is -3.92. The van der Waals surface area contributed by atoms with Crippen LogP contribution in [0.3, 0.4) is 0 Å². The Kier molecular flexibility index (Phi) is 4.82. The number of para-hydroxylation sites is 2. The Morgan fingerprint density at radius 2 is 1.63 bits per heavy atom. The van der Waals surface area contributed by atoms with Crippen LogP contribution in [-0.2, 0) is 0 Å². The monoisotopic (exact) mass is 462 g/mol. The summed E-state index contributed by atoms with van der Waals surface area (Å²) in [6.07, 6.45) is 0. The van der Waals surface area contributed by atoms with E-state index in [2.05, 4.69) is 63.5 Å². The molecule has 0 amide bonds. The predicted octanol–water partition coefficient (Wildman–Crippen LogP) is 8.78. The van der Waals surface area contributed by atoms with Crippen LogP contribution in [0.1, 0.15) is 42.0 Å². The second-order valence-electron chi connectivity index (χ2n) is 9.82. The predicted molar refractivity (Wildman–Crippen MR) is 142 cm³/mol. The highest BCUT2D eigenvalue weighted by Crippen LogP contribution is 2.40. The Bertz CT molecular complexity index is 1750. The van der Waals surface area contributed by atoms with Crippen LogP contribution >= 0.6 is 0 Å². The van der Waals surface area contributed by atoms with Gasteiger partial charge in [-0.3, -0.25) is 4.57 Å². The van der Waals surface area contributed by atoms with Crippen LogP contribution in [0.5, 0.6) is 0 Å². The standard InChI is InChI=1S/C31H27FN2O/c1-17(2)21-10-11-22-27(16-21)35-30-23(12-13-24(32)28(22)30)31-33-25-8-6-7-9-26(25)34(31)29-19(4)14-18(3)15-20(29)5/h6-17H,1-5H3. The molecular weight excluding hydrogens is 435 g/mol. The number of imidazole rings is 1. The third-order valence-electron chi connectivity index (χ3n) is 6.92. The first-order valence-electron chi connectivity index (χ1n) is 12.0. The second kappa shape index (κ2) is 7.81. The lowest BCUT2D eigenvalue weighted by Crippen LogP contribution is -2.03. The van der Waals surface area contributed by atoms with Gasteiger partial charge in [-0.15, -0.1) is 0 Å². The number of hydrogen-bond acceptors (Lipinski definition) is 2. The molecule has 3 nitrogen and oxygen atoms in total. The van der Waals surface area contributed by atoms with Gasteiger partial charge >= 0.3 is 0 Å². The topological polar surface area (TPSA) is 31.0 Å². The lowest BCUT2D eigenvalue weighted by molar-refractivity contribution is 0.634. The summed E-state index contributed by atoms with van der Waals surface area (Å²) >= 11 is 0. The molecule has 0 spiro atoms. The number of halogens is 1. The Labute approximate surface area is 203 Å². The van der Waals surface area contributed by atoms with Crippen LogP contribution in [0.2, 0.25) is 0 Å². The number of aryl methyl sites for hydroxylation is 3. The molecule has 174 valence electrons. The van der Waals surface area contributed by atoms with E-state index in [1.54, 1.807) is 6.07 Å². The number of rotatable bonds is 3. The van der Waals surface area contributed by atoms with E-state index < -0.39 is 0 Å². The first-order chi connectivity index (χ1) is 16.8. The van der Waals surface area contributed by atoms with Crippen LogP contribution in [0.4, 0.5) is 4.39 Å². The van der Waals surface area contributed by atoms with Crippen LogP contribution in [0.25, 0.3) is 50.0 Å². The molecule has 0 aliphatic rings. The van der Waals surface area contributed by atoms with Crippen LogP contribution in [0, 0.1) is 26.6 Å². The van der Waals surface area contributed by atoms with Crippen molar-refractivity contribution in [2.24, 2.45) is 0 Å². The maximum atomic E-state index is 15.2. The molecule has 0 bridgehead atoms. The maximum Gasteiger partial charge on any atom is 0.149 e. The van der Waals surface area contributed by atoms with Gasteiger partial charge in [-0.25, -0.2) is 9.37 Å². The molecule has 0 fully saturated rings. The van der Waals surface area contributed by atoms with E-state index in [-0.39, 0.29) is 5.82 Å². The summed E-state index contributed by atoms with van der Waals surface area (Å²) in [4.78, 5) is 5.04. The highest BCUT2D eigenvalue weighted by molar-refractivity contribution is 6.10. The Morgan fingerprint density at radius 3 is 2.37 bits per heavy atom. The fourth-order valence-electron chi connectivity index (χ4n) is 5.35. The second-order valence-corrected chi connectivity index (χ2v) is 9.82. The lowest BCUT2D eigenvalue weighted by Gasteiger charge is -2.16. The molecule has 0 unspecified atom stereocenters. The van der Waals surface area contributed by atoms with Crippen molar-refractivity contribution >= 4 is 33.0 Å². The minimum absolute atomic E-state index is 0.287. The SMILES string of the molecule is Cc1cc(C)c(-n2c(-c3ccc(F)c4c3oc3cc(C(C)C)ccc34)nc3ccccc32)c(C)c1. The molecule has 4 heteroatoms. The van der Waals surface area contributed by atoms with E-state index in [0.717, 1.165) is 50.2 Å². The number of nitrogens with zero attached hydrogens (tertiary/aromatic N) is 2. The normalized spacial score (nSPS) is 12.0. The first-order valence-corrected chi connectivity index (χ1v) is 12.0. The molecule has 35 heavy (non-hydrogen) atoms. The summed E-state index contributed by atoms with van der Waals surface area (Å²) in [7, 11) is 0. The van der Waals surface area contributed by atoms with Crippen molar-refractivity contribution in [2.75, 3.05) is 0 Å². The van der Waals surface area contributed by atoms with Crippen molar-refractivity contribution in [2.45, 2.75) is 40.5 Å². The third-order valence-corrected chi connectivity index (χ3v) is 6.92. The van der Waals surface area contributed by atoms with E-state index in [1.165, 1.54) is 11.6 Å². The number of furan rings is 1. The average Bonchev–Trinajstić information content (AvgIpc) is 3.38. The Balaban J connectivity index is 1.73. The molecule has 0 N–H and O–H groups in total. The Morgan fingerprint density at radius 1 is 0.886 bits per heavy atom. The molecule has 0 radical (unpaired) electrons. The van der Waals surface area contributed by atoms with Gasteiger partial charge in [0, 0.05) is 5.39 Å². The quantitative estimate of drug-likeness (QED) is 0.263. The zero-order valence-corrected chi connectivity index (χ0v) is 20.6. The van der Waals surface area contributed by atoms with E-state index in [9.17, 15) is 0 Å². The molecule has 6 rings (SSSR count). The number of benzene rings is 4. The van der Waals surface area contributed by atoms with E-state index in [1.807, 2.05) is 30.3 Å². The smallest absolute Gasteiger partial charge is 0.149 e. The van der Waals surface area contributed by atoms with E-state index >= 15 is 4.39 Å². The zero-order valence-electron chi connectivity index (χ0n) is 20.6. The first kappa shape index (κ1) is 21.6. The fraction of sp³-hybridized carbons (Fsp3) is 0.194. The van der Waals surface area contributed by atoms with Crippen molar-refractivity contribution in [3.63, 3.8) is 0 Å². The molecule has 0 aliphatic heterocycles. The summed E-state index contributed by atoms with van der Waals surface area (Å²) in [6, 6.07) is 21.9. The highest BCUT2D eigenvalue weighted by Gasteiger charge is 2.23. The molecule has 6 aromatic rings. The van der Waals surface area contributed by atoms with Crippen LogP contribution < -0.4 is 0 Å². The van der Waals surface area contributed by atoms with Gasteiger partial charge in [0.15, 0.2) is 0 Å².